The standard InChI is InChI=1S/C13H19ClN2O/c1-3-12-9-17-5-4-16(12)13-7-11(8-14)6-10(2)15-13/h6-7,12H,3-5,8-9H2,1-2H3. The first-order valence-electron chi connectivity index (χ1n) is 6.12. The van der Waals surface area contributed by atoms with Crippen molar-refractivity contribution in [1.29, 1.82) is 0 Å². The van der Waals surface area contributed by atoms with E-state index in [2.05, 4.69) is 22.9 Å². The predicted octanol–water partition coefficient (Wildman–Crippen LogP) is 2.74. The molecule has 1 fully saturated rings. The zero-order chi connectivity index (χ0) is 12.3. The van der Waals surface area contributed by atoms with Gasteiger partial charge in [0.25, 0.3) is 0 Å². The van der Waals surface area contributed by atoms with E-state index in [1.54, 1.807) is 0 Å². The van der Waals surface area contributed by atoms with Gasteiger partial charge in [0.2, 0.25) is 0 Å². The highest BCUT2D eigenvalue weighted by Crippen LogP contribution is 2.22. The van der Waals surface area contributed by atoms with Gasteiger partial charge in [0.05, 0.1) is 19.3 Å². The van der Waals surface area contributed by atoms with Crippen molar-refractivity contribution in [2.45, 2.75) is 32.2 Å². The van der Waals surface area contributed by atoms with Gasteiger partial charge in [0.15, 0.2) is 0 Å². The number of halogens is 1. The van der Waals surface area contributed by atoms with Crippen LogP contribution in [-0.2, 0) is 10.6 Å². The van der Waals surface area contributed by atoms with Gasteiger partial charge in [0, 0.05) is 18.1 Å². The quantitative estimate of drug-likeness (QED) is 0.776. The van der Waals surface area contributed by atoms with Crippen molar-refractivity contribution in [3.05, 3.63) is 23.4 Å². The molecule has 0 spiro atoms. The van der Waals surface area contributed by atoms with Crippen LogP contribution in [0.4, 0.5) is 5.82 Å². The fourth-order valence-corrected chi connectivity index (χ4v) is 2.39. The maximum Gasteiger partial charge on any atom is 0.129 e. The maximum absolute atomic E-state index is 5.91. The van der Waals surface area contributed by atoms with Crippen LogP contribution < -0.4 is 4.90 Å². The molecular formula is C13H19ClN2O. The molecule has 0 amide bonds. The third-order valence-electron chi connectivity index (χ3n) is 3.15. The number of aryl methyl sites for hydroxylation is 1. The van der Waals surface area contributed by atoms with E-state index >= 15 is 0 Å². The van der Waals surface area contributed by atoms with Crippen LogP contribution in [0.2, 0.25) is 0 Å². The molecule has 0 bridgehead atoms. The summed E-state index contributed by atoms with van der Waals surface area (Å²) in [5, 5.41) is 0. The molecule has 0 saturated carbocycles. The summed E-state index contributed by atoms with van der Waals surface area (Å²) in [5.41, 5.74) is 2.16. The molecule has 1 aromatic heterocycles. The zero-order valence-electron chi connectivity index (χ0n) is 10.4. The van der Waals surface area contributed by atoms with E-state index < -0.39 is 0 Å². The van der Waals surface area contributed by atoms with Gasteiger partial charge in [-0.15, -0.1) is 11.6 Å². The van der Waals surface area contributed by atoms with E-state index in [0.717, 1.165) is 43.3 Å². The molecule has 3 nitrogen and oxygen atoms in total. The Labute approximate surface area is 108 Å². The van der Waals surface area contributed by atoms with Crippen molar-refractivity contribution in [3.63, 3.8) is 0 Å². The Morgan fingerprint density at radius 2 is 2.35 bits per heavy atom. The Morgan fingerprint density at radius 3 is 3.06 bits per heavy atom. The van der Waals surface area contributed by atoms with Crippen LogP contribution in [0.25, 0.3) is 0 Å². The Morgan fingerprint density at radius 1 is 1.53 bits per heavy atom. The minimum atomic E-state index is 0.432. The molecule has 1 atom stereocenters. The maximum atomic E-state index is 5.91. The number of rotatable bonds is 3. The number of hydrogen-bond donors (Lipinski definition) is 0. The fourth-order valence-electron chi connectivity index (χ4n) is 2.24. The molecule has 1 unspecified atom stereocenters. The number of ether oxygens (including phenoxy) is 1. The first-order chi connectivity index (χ1) is 8.24. The minimum absolute atomic E-state index is 0.432. The number of morpholine rings is 1. The summed E-state index contributed by atoms with van der Waals surface area (Å²) in [6.45, 7) is 6.69. The SMILES string of the molecule is CCC1COCCN1c1cc(CCl)cc(C)n1. The van der Waals surface area contributed by atoms with Crippen LogP contribution in [0.1, 0.15) is 24.6 Å². The lowest BCUT2D eigenvalue weighted by molar-refractivity contribution is 0.0925. The Kier molecular flexibility index (Phi) is 4.24. The van der Waals surface area contributed by atoms with Gasteiger partial charge >= 0.3 is 0 Å². The molecule has 4 heteroatoms. The van der Waals surface area contributed by atoms with Gasteiger partial charge in [-0.25, -0.2) is 4.98 Å². The summed E-state index contributed by atoms with van der Waals surface area (Å²) in [7, 11) is 0. The topological polar surface area (TPSA) is 25.4 Å². The average molecular weight is 255 g/mol. The Bertz CT molecular complexity index is 384. The van der Waals surface area contributed by atoms with Crippen LogP contribution >= 0.6 is 11.6 Å². The molecule has 0 N–H and O–H groups in total. The van der Waals surface area contributed by atoms with E-state index in [-0.39, 0.29) is 0 Å². The van der Waals surface area contributed by atoms with E-state index in [1.165, 1.54) is 0 Å². The fraction of sp³-hybridized carbons (Fsp3) is 0.615. The molecule has 1 saturated heterocycles. The van der Waals surface area contributed by atoms with Gasteiger partial charge in [-0.3, -0.25) is 0 Å². The molecule has 94 valence electrons. The summed E-state index contributed by atoms with van der Waals surface area (Å²) in [5.74, 6) is 1.58. The normalized spacial score (nSPS) is 20.6. The highest BCUT2D eigenvalue weighted by molar-refractivity contribution is 6.17. The molecule has 17 heavy (non-hydrogen) atoms. The largest absolute Gasteiger partial charge is 0.377 e. The van der Waals surface area contributed by atoms with Gasteiger partial charge in [-0.05, 0) is 31.0 Å². The van der Waals surface area contributed by atoms with Crippen molar-refractivity contribution in [1.82, 2.24) is 4.98 Å². The summed E-state index contributed by atoms with van der Waals surface area (Å²) >= 11 is 5.91. The van der Waals surface area contributed by atoms with E-state index in [0.29, 0.717) is 11.9 Å². The number of alkyl halides is 1. The first-order valence-corrected chi connectivity index (χ1v) is 6.66. The van der Waals surface area contributed by atoms with Gasteiger partial charge in [0.1, 0.15) is 5.82 Å². The van der Waals surface area contributed by atoms with E-state index in [4.69, 9.17) is 16.3 Å². The highest BCUT2D eigenvalue weighted by Gasteiger charge is 2.22. The predicted molar refractivity (Wildman–Crippen MR) is 70.8 cm³/mol. The van der Waals surface area contributed by atoms with E-state index in [1.807, 2.05) is 13.0 Å². The molecule has 0 aromatic carbocycles. The van der Waals surface area contributed by atoms with Gasteiger partial charge in [-0.1, -0.05) is 6.92 Å². The molecule has 2 heterocycles. The second-order valence-electron chi connectivity index (χ2n) is 4.44. The second kappa shape index (κ2) is 5.69. The van der Waals surface area contributed by atoms with Gasteiger partial charge < -0.3 is 9.64 Å². The van der Waals surface area contributed by atoms with Crippen molar-refractivity contribution >= 4 is 17.4 Å². The number of hydrogen-bond acceptors (Lipinski definition) is 3. The molecular weight excluding hydrogens is 236 g/mol. The van der Waals surface area contributed by atoms with Crippen molar-refractivity contribution < 1.29 is 4.74 Å². The Hall–Kier alpha value is -0.800. The summed E-state index contributed by atoms with van der Waals surface area (Å²) < 4.78 is 5.52. The average Bonchev–Trinajstić information content (AvgIpc) is 2.37. The molecule has 1 aromatic rings. The monoisotopic (exact) mass is 254 g/mol. The van der Waals surface area contributed by atoms with Crippen LogP contribution in [0.5, 0.6) is 0 Å². The van der Waals surface area contributed by atoms with E-state index in [9.17, 15) is 0 Å². The second-order valence-corrected chi connectivity index (χ2v) is 4.71. The number of aromatic nitrogens is 1. The molecule has 1 aliphatic heterocycles. The number of anilines is 1. The lowest BCUT2D eigenvalue weighted by Gasteiger charge is -2.36. The van der Waals surface area contributed by atoms with Crippen molar-refractivity contribution in [2.24, 2.45) is 0 Å². The van der Waals surface area contributed by atoms with Crippen LogP contribution in [0.15, 0.2) is 12.1 Å². The summed E-state index contributed by atoms with van der Waals surface area (Å²) in [4.78, 5) is 6.96. The molecule has 2 rings (SSSR count). The van der Waals surface area contributed by atoms with Crippen LogP contribution in [0.3, 0.4) is 0 Å². The number of nitrogens with zero attached hydrogens (tertiary/aromatic N) is 2. The lowest BCUT2D eigenvalue weighted by Crippen LogP contribution is -2.45. The zero-order valence-corrected chi connectivity index (χ0v) is 11.2. The minimum Gasteiger partial charge on any atom is -0.377 e. The van der Waals surface area contributed by atoms with Crippen molar-refractivity contribution in [3.8, 4) is 0 Å². The van der Waals surface area contributed by atoms with Crippen LogP contribution in [0, 0.1) is 6.92 Å². The highest BCUT2D eigenvalue weighted by atomic mass is 35.5. The molecule has 1 aliphatic rings. The molecule has 0 radical (unpaired) electrons. The Balaban J connectivity index is 2.27. The third-order valence-corrected chi connectivity index (χ3v) is 3.46. The lowest BCUT2D eigenvalue weighted by atomic mass is 10.1. The smallest absolute Gasteiger partial charge is 0.129 e. The van der Waals surface area contributed by atoms with Crippen LogP contribution in [-0.4, -0.2) is 30.8 Å². The van der Waals surface area contributed by atoms with Gasteiger partial charge in [-0.2, -0.15) is 0 Å². The number of pyridine rings is 1. The van der Waals surface area contributed by atoms with Crippen molar-refractivity contribution in [2.75, 3.05) is 24.7 Å². The molecule has 0 aliphatic carbocycles. The summed E-state index contributed by atoms with van der Waals surface area (Å²) in [6.07, 6.45) is 1.08. The third kappa shape index (κ3) is 2.90. The first kappa shape index (κ1) is 12.7. The summed E-state index contributed by atoms with van der Waals surface area (Å²) in [6, 6.07) is 4.56.